The molecule has 0 saturated carbocycles. The van der Waals surface area contributed by atoms with Gasteiger partial charge in [0.2, 0.25) is 0 Å². The van der Waals surface area contributed by atoms with Crippen LogP contribution in [0.1, 0.15) is 5.56 Å². The number of benzene rings is 2. The molecule has 0 aromatic heterocycles. The van der Waals surface area contributed by atoms with E-state index in [1.165, 1.54) is 18.9 Å². The molecule has 0 atom stereocenters. The van der Waals surface area contributed by atoms with Crippen molar-refractivity contribution in [3.63, 3.8) is 0 Å². The van der Waals surface area contributed by atoms with Crippen LogP contribution in [0.4, 0.5) is 5.69 Å². The number of nitrogens with zero attached hydrogens (tertiary/aromatic N) is 1. The standard InChI is InChI=1S/C17H10Cl4N2O2S/c1-25-15-10(19)5-8(6-11(15)20)7-13-16(24)23-17(26-13)22-12-4-2-3-9(18)14(12)21/h2-7H,1H3,(H,22,23,24)/b13-7+. The molecule has 0 aliphatic carbocycles. The minimum Gasteiger partial charge on any atom is -0.494 e. The molecule has 1 fully saturated rings. The van der Waals surface area contributed by atoms with Gasteiger partial charge in [-0.1, -0.05) is 52.5 Å². The van der Waals surface area contributed by atoms with Crippen molar-refractivity contribution in [1.29, 1.82) is 0 Å². The molecular formula is C17H10Cl4N2O2S. The molecule has 1 heterocycles. The topological polar surface area (TPSA) is 50.7 Å². The fraction of sp³-hybridized carbons (Fsp3) is 0.0588. The van der Waals surface area contributed by atoms with Crippen molar-refractivity contribution in [2.45, 2.75) is 0 Å². The van der Waals surface area contributed by atoms with Gasteiger partial charge in [0.1, 0.15) is 0 Å². The van der Waals surface area contributed by atoms with Crippen LogP contribution < -0.4 is 10.1 Å². The Morgan fingerprint density at radius 2 is 1.81 bits per heavy atom. The maximum atomic E-state index is 12.2. The lowest BCUT2D eigenvalue weighted by molar-refractivity contribution is -0.115. The van der Waals surface area contributed by atoms with Gasteiger partial charge in [0, 0.05) is 0 Å². The van der Waals surface area contributed by atoms with Crippen LogP contribution in [0.25, 0.3) is 6.08 Å². The Balaban J connectivity index is 1.89. The van der Waals surface area contributed by atoms with Crippen LogP contribution in [0.2, 0.25) is 20.1 Å². The second kappa shape index (κ2) is 8.11. The molecule has 0 unspecified atom stereocenters. The van der Waals surface area contributed by atoms with Crippen LogP contribution in [0.3, 0.4) is 0 Å². The van der Waals surface area contributed by atoms with Crippen molar-refractivity contribution >= 4 is 81.0 Å². The van der Waals surface area contributed by atoms with Crippen molar-refractivity contribution in [3.05, 3.63) is 60.9 Å². The largest absolute Gasteiger partial charge is 0.494 e. The summed E-state index contributed by atoms with van der Waals surface area (Å²) in [6.07, 6.45) is 1.67. The highest BCUT2D eigenvalue weighted by atomic mass is 35.5. The molecule has 26 heavy (non-hydrogen) atoms. The van der Waals surface area contributed by atoms with Crippen LogP contribution in [-0.4, -0.2) is 18.2 Å². The van der Waals surface area contributed by atoms with Crippen LogP contribution >= 0.6 is 58.2 Å². The lowest BCUT2D eigenvalue weighted by Crippen LogP contribution is -2.19. The van der Waals surface area contributed by atoms with E-state index in [-0.39, 0.29) is 5.91 Å². The first-order valence-electron chi connectivity index (χ1n) is 7.15. The Hall–Kier alpha value is -1.37. The van der Waals surface area contributed by atoms with Crippen LogP contribution in [-0.2, 0) is 4.79 Å². The number of hydrogen-bond acceptors (Lipinski definition) is 4. The number of aliphatic imine (C=N–C) groups is 1. The highest BCUT2D eigenvalue weighted by Gasteiger charge is 2.24. The number of ether oxygens (including phenoxy) is 1. The summed E-state index contributed by atoms with van der Waals surface area (Å²) in [5, 5.41) is 4.51. The summed E-state index contributed by atoms with van der Waals surface area (Å²) in [7, 11) is 1.48. The second-order valence-corrected chi connectivity index (χ2v) is 7.70. The SMILES string of the molecule is COc1c(Cl)cc(/C=C2/SC(=Nc3cccc(Cl)c3Cl)NC2=O)cc1Cl. The zero-order valence-corrected chi connectivity index (χ0v) is 17.0. The second-order valence-electron chi connectivity index (χ2n) is 5.07. The lowest BCUT2D eigenvalue weighted by atomic mass is 10.2. The van der Waals surface area contributed by atoms with Gasteiger partial charge in [-0.05, 0) is 47.7 Å². The average molecular weight is 448 g/mol. The van der Waals surface area contributed by atoms with Gasteiger partial charge in [0.25, 0.3) is 5.91 Å². The summed E-state index contributed by atoms with van der Waals surface area (Å²) >= 11 is 25.5. The molecule has 1 amide bonds. The van der Waals surface area contributed by atoms with Gasteiger partial charge in [-0.25, -0.2) is 4.99 Å². The van der Waals surface area contributed by atoms with Gasteiger partial charge in [-0.3, -0.25) is 4.79 Å². The zero-order chi connectivity index (χ0) is 18.8. The molecule has 1 N–H and O–H groups in total. The van der Waals surface area contributed by atoms with E-state index in [0.717, 1.165) is 0 Å². The first kappa shape index (κ1) is 19.4. The zero-order valence-electron chi connectivity index (χ0n) is 13.1. The van der Waals surface area contributed by atoms with E-state index in [1.54, 1.807) is 36.4 Å². The van der Waals surface area contributed by atoms with Gasteiger partial charge < -0.3 is 10.1 Å². The molecular weight excluding hydrogens is 438 g/mol. The third kappa shape index (κ3) is 4.13. The number of carbonyl (C=O) groups is 1. The minimum atomic E-state index is -0.282. The number of carbonyl (C=O) groups excluding carboxylic acids is 1. The van der Waals surface area contributed by atoms with Crippen LogP contribution in [0.5, 0.6) is 5.75 Å². The number of rotatable bonds is 3. The summed E-state index contributed by atoms with van der Waals surface area (Å²) in [5.41, 5.74) is 1.14. The average Bonchev–Trinajstić information content (AvgIpc) is 2.91. The highest BCUT2D eigenvalue weighted by molar-refractivity contribution is 8.18. The molecule has 9 heteroatoms. The van der Waals surface area contributed by atoms with Gasteiger partial charge in [0.15, 0.2) is 10.9 Å². The maximum absolute atomic E-state index is 12.2. The van der Waals surface area contributed by atoms with Crippen molar-refractivity contribution < 1.29 is 9.53 Å². The van der Waals surface area contributed by atoms with E-state index < -0.39 is 0 Å². The molecule has 2 aromatic rings. The maximum Gasteiger partial charge on any atom is 0.264 e. The van der Waals surface area contributed by atoms with E-state index in [2.05, 4.69) is 10.3 Å². The first-order valence-corrected chi connectivity index (χ1v) is 9.48. The summed E-state index contributed by atoms with van der Waals surface area (Å²) in [5.74, 6) is 0.104. The summed E-state index contributed by atoms with van der Waals surface area (Å²) in [6, 6.07) is 8.43. The molecule has 1 aliphatic heterocycles. The van der Waals surface area contributed by atoms with E-state index in [9.17, 15) is 4.79 Å². The molecule has 0 bridgehead atoms. The Morgan fingerprint density at radius 1 is 1.12 bits per heavy atom. The third-order valence-electron chi connectivity index (χ3n) is 3.33. The highest BCUT2D eigenvalue weighted by Crippen LogP contribution is 2.37. The predicted molar refractivity (Wildman–Crippen MR) is 110 cm³/mol. The summed E-state index contributed by atoms with van der Waals surface area (Å²) < 4.78 is 5.11. The van der Waals surface area contributed by atoms with Crippen LogP contribution in [0.15, 0.2) is 40.2 Å². The van der Waals surface area contributed by atoms with Crippen LogP contribution in [0, 0.1) is 0 Å². The van der Waals surface area contributed by atoms with E-state index >= 15 is 0 Å². The Morgan fingerprint density at radius 3 is 2.46 bits per heavy atom. The molecule has 2 aromatic carbocycles. The quantitative estimate of drug-likeness (QED) is 0.569. The van der Waals surface area contributed by atoms with Gasteiger partial charge >= 0.3 is 0 Å². The van der Waals surface area contributed by atoms with Gasteiger partial charge in [-0.2, -0.15) is 0 Å². The van der Waals surface area contributed by atoms with Gasteiger partial charge in [-0.15, -0.1) is 0 Å². The molecule has 1 saturated heterocycles. The van der Waals surface area contributed by atoms with Crippen molar-refractivity contribution in [1.82, 2.24) is 5.32 Å². The molecule has 1 aliphatic rings. The fourth-order valence-electron chi connectivity index (χ4n) is 2.18. The molecule has 0 spiro atoms. The number of nitrogens with one attached hydrogen (secondary N) is 1. The fourth-order valence-corrected chi connectivity index (χ4v) is 4.01. The number of methoxy groups -OCH3 is 1. The van der Waals surface area contributed by atoms with E-state index in [4.69, 9.17) is 51.1 Å². The Labute approximate surface area is 174 Å². The number of amidine groups is 1. The summed E-state index contributed by atoms with van der Waals surface area (Å²) in [4.78, 5) is 17.0. The number of amides is 1. The van der Waals surface area contributed by atoms with Crippen molar-refractivity contribution in [2.75, 3.05) is 7.11 Å². The number of hydrogen-bond donors (Lipinski definition) is 1. The monoisotopic (exact) mass is 446 g/mol. The predicted octanol–water partition coefficient (Wildman–Crippen LogP) is 6.20. The molecule has 0 radical (unpaired) electrons. The molecule has 4 nitrogen and oxygen atoms in total. The molecule has 134 valence electrons. The number of halogens is 4. The van der Waals surface area contributed by atoms with Gasteiger partial charge in [0.05, 0.1) is 37.8 Å². The van der Waals surface area contributed by atoms with E-state index in [0.29, 0.717) is 47.2 Å². The molecule has 3 rings (SSSR count). The van der Waals surface area contributed by atoms with Crippen molar-refractivity contribution in [2.24, 2.45) is 4.99 Å². The Kier molecular flexibility index (Phi) is 6.05. The van der Waals surface area contributed by atoms with E-state index in [1.807, 2.05) is 0 Å². The normalized spacial score (nSPS) is 17.0. The third-order valence-corrected chi connectivity index (χ3v) is 5.61. The lowest BCUT2D eigenvalue weighted by Gasteiger charge is -2.06. The van der Waals surface area contributed by atoms with Crippen molar-refractivity contribution in [3.8, 4) is 5.75 Å². The number of thioether (sulfide) groups is 1. The Bertz CT molecular complexity index is 937. The minimum absolute atomic E-state index is 0.282. The summed E-state index contributed by atoms with van der Waals surface area (Å²) in [6.45, 7) is 0. The first-order chi connectivity index (χ1) is 12.4. The smallest absolute Gasteiger partial charge is 0.264 e.